The number of benzene rings is 2. The van der Waals surface area contributed by atoms with Gasteiger partial charge in [0, 0.05) is 16.8 Å². The Balaban J connectivity index is 1.38. The summed E-state index contributed by atoms with van der Waals surface area (Å²) >= 11 is 13.4. The number of carbonyl (C=O) groups excluding carboxylic acids is 1. The predicted octanol–water partition coefficient (Wildman–Crippen LogP) is 5.23. The molecule has 0 spiro atoms. The molecule has 1 fully saturated rings. The van der Waals surface area contributed by atoms with Gasteiger partial charge < -0.3 is 10.1 Å². The van der Waals surface area contributed by atoms with Gasteiger partial charge in [-0.3, -0.25) is 9.36 Å². The van der Waals surface area contributed by atoms with Crippen LogP contribution in [0.3, 0.4) is 0 Å². The quantitative estimate of drug-likeness (QED) is 0.477. The molecular formula is C20H18Cl2N4O2S. The summed E-state index contributed by atoms with van der Waals surface area (Å²) in [5.74, 6) is 1.46. The molecule has 1 N–H and O–H groups in total. The Morgan fingerprint density at radius 3 is 2.62 bits per heavy atom. The zero-order chi connectivity index (χ0) is 20.2. The second-order valence-corrected chi connectivity index (χ2v) is 8.35. The van der Waals surface area contributed by atoms with Crippen LogP contribution in [0.4, 0.5) is 5.69 Å². The molecule has 0 atom stereocenters. The molecule has 1 aliphatic carbocycles. The molecule has 1 aliphatic rings. The first-order valence-corrected chi connectivity index (χ1v) is 10.8. The lowest BCUT2D eigenvalue weighted by atomic mass is 10.3. The summed E-state index contributed by atoms with van der Waals surface area (Å²) in [6.45, 7) is 0.269. The summed E-state index contributed by atoms with van der Waals surface area (Å²) < 4.78 is 7.88. The van der Waals surface area contributed by atoms with Crippen molar-refractivity contribution in [2.45, 2.75) is 30.6 Å². The zero-order valence-corrected chi connectivity index (χ0v) is 17.7. The van der Waals surface area contributed by atoms with Crippen LogP contribution in [0, 0.1) is 0 Å². The van der Waals surface area contributed by atoms with E-state index in [2.05, 4.69) is 20.1 Å². The van der Waals surface area contributed by atoms with E-state index in [9.17, 15) is 4.79 Å². The molecule has 4 rings (SSSR count). The first-order chi connectivity index (χ1) is 14.1. The van der Waals surface area contributed by atoms with Crippen LogP contribution in [0.25, 0.3) is 0 Å². The van der Waals surface area contributed by atoms with E-state index in [0.29, 0.717) is 27.5 Å². The van der Waals surface area contributed by atoms with Crippen LogP contribution in [0.5, 0.6) is 5.75 Å². The number of aromatic nitrogens is 3. The third-order valence-corrected chi connectivity index (χ3v) is 5.81. The fourth-order valence-corrected chi connectivity index (χ4v) is 3.91. The highest BCUT2D eigenvalue weighted by Gasteiger charge is 2.30. The predicted molar refractivity (Wildman–Crippen MR) is 115 cm³/mol. The molecule has 1 amide bonds. The van der Waals surface area contributed by atoms with Gasteiger partial charge in [-0.2, -0.15) is 0 Å². The van der Waals surface area contributed by atoms with Crippen LogP contribution in [0.1, 0.15) is 24.7 Å². The summed E-state index contributed by atoms with van der Waals surface area (Å²) in [4.78, 5) is 12.3. The Morgan fingerprint density at radius 2 is 1.90 bits per heavy atom. The maximum Gasteiger partial charge on any atom is 0.234 e. The summed E-state index contributed by atoms with van der Waals surface area (Å²) in [6.07, 6.45) is 2.14. The van der Waals surface area contributed by atoms with Crippen LogP contribution in [0.15, 0.2) is 53.7 Å². The number of para-hydroxylation sites is 1. The Hall–Kier alpha value is -2.22. The van der Waals surface area contributed by atoms with Gasteiger partial charge in [-0.15, -0.1) is 10.2 Å². The van der Waals surface area contributed by atoms with Gasteiger partial charge in [0.1, 0.15) is 12.4 Å². The fraction of sp³-hybridized carbons (Fsp3) is 0.250. The van der Waals surface area contributed by atoms with Gasteiger partial charge in [-0.25, -0.2) is 0 Å². The van der Waals surface area contributed by atoms with E-state index in [4.69, 9.17) is 27.9 Å². The van der Waals surface area contributed by atoms with Crippen molar-refractivity contribution in [3.05, 3.63) is 64.4 Å². The van der Waals surface area contributed by atoms with E-state index in [-0.39, 0.29) is 18.3 Å². The third kappa shape index (κ3) is 5.23. The van der Waals surface area contributed by atoms with Gasteiger partial charge in [0.05, 0.1) is 10.8 Å². The lowest BCUT2D eigenvalue weighted by molar-refractivity contribution is -0.113. The van der Waals surface area contributed by atoms with Gasteiger partial charge in [0.2, 0.25) is 5.91 Å². The van der Waals surface area contributed by atoms with E-state index < -0.39 is 0 Å². The summed E-state index contributed by atoms with van der Waals surface area (Å²) in [6, 6.07) is 14.7. The topological polar surface area (TPSA) is 69.0 Å². The molecule has 0 saturated heterocycles. The number of nitrogens with one attached hydrogen (secondary N) is 1. The normalized spacial score (nSPS) is 13.3. The van der Waals surface area contributed by atoms with Crippen molar-refractivity contribution in [1.29, 1.82) is 0 Å². The number of hydrogen-bond donors (Lipinski definition) is 1. The Morgan fingerprint density at radius 1 is 1.14 bits per heavy atom. The van der Waals surface area contributed by atoms with Crippen molar-refractivity contribution >= 4 is 46.6 Å². The molecule has 0 bridgehead atoms. The molecule has 0 radical (unpaired) electrons. The Labute approximate surface area is 182 Å². The minimum absolute atomic E-state index is 0.114. The number of nitrogens with zero attached hydrogens (tertiary/aromatic N) is 3. The molecule has 1 saturated carbocycles. The first-order valence-electron chi connectivity index (χ1n) is 9.09. The molecule has 6 nitrogen and oxygen atoms in total. The molecule has 9 heteroatoms. The van der Waals surface area contributed by atoms with Gasteiger partial charge in [0.25, 0.3) is 0 Å². The van der Waals surface area contributed by atoms with Crippen molar-refractivity contribution in [1.82, 2.24) is 14.8 Å². The molecule has 3 aromatic rings. The number of rotatable bonds is 8. The molecule has 1 heterocycles. The van der Waals surface area contributed by atoms with Crippen LogP contribution in [-0.2, 0) is 11.4 Å². The second-order valence-electron chi connectivity index (χ2n) is 6.56. The van der Waals surface area contributed by atoms with Crippen LogP contribution in [0.2, 0.25) is 10.0 Å². The summed E-state index contributed by atoms with van der Waals surface area (Å²) in [5.41, 5.74) is 0.706. The monoisotopic (exact) mass is 448 g/mol. The summed E-state index contributed by atoms with van der Waals surface area (Å²) in [5, 5.41) is 13.3. The van der Waals surface area contributed by atoms with Gasteiger partial charge >= 0.3 is 0 Å². The summed E-state index contributed by atoms with van der Waals surface area (Å²) in [7, 11) is 0. The van der Waals surface area contributed by atoms with E-state index in [0.717, 1.165) is 23.8 Å². The number of anilines is 1. The molecule has 29 heavy (non-hydrogen) atoms. The van der Waals surface area contributed by atoms with Crippen LogP contribution >= 0.6 is 35.0 Å². The van der Waals surface area contributed by atoms with Crippen LogP contribution in [-0.4, -0.2) is 26.4 Å². The van der Waals surface area contributed by atoms with Gasteiger partial charge in [-0.1, -0.05) is 47.1 Å². The number of halogens is 2. The fourth-order valence-electron chi connectivity index (χ4n) is 2.77. The van der Waals surface area contributed by atoms with Crippen molar-refractivity contribution in [3.8, 4) is 5.75 Å². The largest absolute Gasteiger partial charge is 0.484 e. The number of thioether (sulfide) groups is 1. The highest BCUT2D eigenvalue weighted by atomic mass is 35.5. The van der Waals surface area contributed by atoms with Crippen molar-refractivity contribution in [3.63, 3.8) is 0 Å². The molecule has 0 unspecified atom stereocenters. The lowest BCUT2D eigenvalue weighted by Crippen LogP contribution is -2.14. The standard InChI is InChI=1S/C20H18Cl2N4O2S/c21-13-5-7-14(8-6-13)23-19(27)12-29-20-25-24-18(26(20)15-9-10-15)11-28-17-4-2-1-3-16(17)22/h1-8,15H,9-12H2,(H,23,27). The zero-order valence-electron chi connectivity index (χ0n) is 15.3. The van der Waals surface area contributed by atoms with Crippen molar-refractivity contribution in [2.75, 3.05) is 11.1 Å². The van der Waals surface area contributed by atoms with Gasteiger partial charge in [0.15, 0.2) is 11.0 Å². The number of amides is 1. The lowest BCUT2D eigenvalue weighted by Gasteiger charge is -2.11. The number of ether oxygens (including phenoxy) is 1. The second kappa shape index (κ2) is 9.07. The number of hydrogen-bond acceptors (Lipinski definition) is 5. The van der Waals surface area contributed by atoms with Crippen molar-refractivity contribution in [2.24, 2.45) is 0 Å². The average molecular weight is 449 g/mol. The third-order valence-electron chi connectivity index (χ3n) is 4.30. The van der Waals surface area contributed by atoms with Crippen LogP contribution < -0.4 is 10.1 Å². The molecule has 0 aliphatic heterocycles. The van der Waals surface area contributed by atoms with Gasteiger partial charge in [-0.05, 0) is 49.2 Å². The number of carbonyl (C=O) groups is 1. The van der Waals surface area contributed by atoms with E-state index in [1.54, 1.807) is 30.3 Å². The highest BCUT2D eigenvalue weighted by Crippen LogP contribution is 2.39. The molecule has 1 aromatic heterocycles. The average Bonchev–Trinajstić information content (AvgIpc) is 3.47. The smallest absolute Gasteiger partial charge is 0.234 e. The Kier molecular flexibility index (Phi) is 6.28. The minimum Gasteiger partial charge on any atom is -0.484 e. The minimum atomic E-state index is -0.114. The molecule has 150 valence electrons. The van der Waals surface area contributed by atoms with E-state index in [1.165, 1.54) is 11.8 Å². The maximum absolute atomic E-state index is 12.3. The SMILES string of the molecule is O=C(CSc1nnc(COc2ccccc2Cl)n1C1CC1)Nc1ccc(Cl)cc1. The van der Waals surface area contributed by atoms with E-state index >= 15 is 0 Å². The molecular weight excluding hydrogens is 431 g/mol. The Bertz CT molecular complexity index is 1010. The highest BCUT2D eigenvalue weighted by molar-refractivity contribution is 7.99. The molecule has 2 aromatic carbocycles. The first kappa shape index (κ1) is 20.1. The maximum atomic E-state index is 12.3. The van der Waals surface area contributed by atoms with Crippen molar-refractivity contribution < 1.29 is 9.53 Å². The van der Waals surface area contributed by atoms with E-state index in [1.807, 2.05) is 18.2 Å².